The Labute approximate surface area is 102 Å². The number of halogens is 1. The van der Waals surface area contributed by atoms with Crippen molar-refractivity contribution in [1.29, 1.82) is 0 Å². The van der Waals surface area contributed by atoms with Crippen LogP contribution in [0.4, 0.5) is 4.39 Å². The zero-order valence-corrected chi connectivity index (χ0v) is 9.21. The van der Waals surface area contributed by atoms with E-state index in [1.165, 1.54) is 30.7 Å². The van der Waals surface area contributed by atoms with E-state index in [9.17, 15) is 9.18 Å². The molecular weight excluding hydrogens is 239 g/mol. The highest BCUT2D eigenvalue weighted by molar-refractivity contribution is 5.91. The maximum atomic E-state index is 13.3. The summed E-state index contributed by atoms with van der Waals surface area (Å²) in [6.07, 6.45) is 4.48. The number of hydrogen-bond acceptors (Lipinski definition) is 4. The van der Waals surface area contributed by atoms with Crippen molar-refractivity contribution in [3.8, 4) is 5.75 Å². The minimum Gasteiger partial charge on any atom is -0.486 e. The van der Waals surface area contributed by atoms with E-state index in [1.54, 1.807) is 0 Å². The number of carbonyl (C=O) groups is 1. The molecule has 1 aromatic carbocycles. The van der Waals surface area contributed by atoms with Crippen LogP contribution in [0.1, 0.15) is 16.1 Å². The monoisotopic (exact) mass is 248 g/mol. The van der Waals surface area contributed by atoms with E-state index in [2.05, 4.69) is 9.97 Å². The van der Waals surface area contributed by atoms with Crippen molar-refractivity contribution in [3.63, 3.8) is 0 Å². The number of nitrogens with zero attached hydrogens (tertiary/aromatic N) is 2. The van der Waals surface area contributed by atoms with Gasteiger partial charge in [0.25, 0.3) is 0 Å². The summed E-state index contributed by atoms with van der Waals surface area (Å²) in [5.41, 5.74) is 0.0412. The van der Waals surface area contributed by atoms with Crippen molar-refractivity contribution < 1.29 is 19.0 Å². The van der Waals surface area contributed by atoms with Gasteiger partial charge in [0.05, 0.1) is 11.9 Å². The first kappa shape index (κ1) is 12.0. The van der Waals surface area contributed by atoms with Crippen LogP contribution in [0, 0.1) is 5.82 Å². The third kappa shape index (κ3) is 2.60. The molecule has 0 fully saturated rings. The molecule has 0 aliphatic carbocycles. The molecule has 6 heteroatoms. The lowest BCUT2D eigenvalue weighted by molar-refractivity contribution is 0.0686. The van der Waals surface area contributed by atoms with Gasteiger partial charge in [-0.25, -0.2) is 9.18 Å². The van der Waals surface area contributed by atoms with E-state index in [-0.39, 0.29) is 12.4 Å². The van der Waals surface area contributed by atoms with Crippen LogP contribution >= 0.6 is 0 Å². The standard InChI is InChI=1S/C12H9FN2O3/c13-9-2-1-3-10(11(9)12(16)17)18-7-8-6-14-4-5-15-8/h1-6H,7H2,(H,16,17). The van der Waals surface area contributed by atoms with Gasteiger partial charge in [0.1, 0.15) is 23.7 Å². The lowest BCUT2D eigenvalue weighted by Gasteiger charge is -2.08. The van der Waals surface area contributed by atoms with Crippen molar-refractivity contribution in [2.75, 3.05) is 0 Å². The van der Waals surface area contributed by atoms with Crippen LogP contribution in [0.15, 0.2) is 36.8 Å². The predicted octanol–water partition coefficient (Wildman–Crippen LogP) is 1.89. The summed E-state index contributed by atoms with van der Waals surface area (Å²) in [7, 11) is 0. The zero-order chi connectivity index (χ0) is 13.0. The lowest BCUT2D eigenvalue weighted by atomic mass is 10.2. The van der Waals surface area contributed by atoms with Gasteiger partial charge in [0, 0.05) is 12.4 Å². The number of ether oxygens (including phenoxy) is 1. The molecule has 1 N–H and O–H groups in total. The van der Waals surface area contributed by atoms with E-state index in [4.69, 9.17) is 9.84 Å². The van der Waals surface area contributed by atoms with Crippen LogP contribution in [-0.2, 0) is 6.61 Å². The zero-order valence-electron chi connectivity index (χ0n) is 9.21. The Morgan fingerprint density at radius 2 is 2.22 bits per heavy atom. The molecule has 0 aliphatic rings. The highest BCUT2D eigenvalue weighted by Crippen LogP contribution is 2.22. The average Bonchev–Trinajstić information content (AvgIpc) is 2.37. The second-order valence-corrected chi connectivity index (χ2v) is 3.40. The number of benzene rings is 1. The third-order valence-corrected chi connectivity index (χ3v) is 2.18. The van der Waals surface area contributed by atoms with Gasteiger partial charge in [-0.15, -0.1) is 0 Å². The van der Waals surface area contributed by atoms with Crippen LogP contribution in [0.25, 0.3) is 0 Å². The molecule has 5 nitrogen and oxygen atoms in total. The Morgan fingerprint density at radius 3 is 2.89 bits per heavy atom. The highest BCUT2D eigenvalue weighted by atomic mass is 19.1. The van der Waals surface area contributed by atoms with E-state index in [0.717, 1.165) is 6.07 Å². The summed E-state index contributed by atoms with van der Waals surface area (Å²) in [6.45, 7) is 0.0254. The second-order valence-electron chi connectivity index (χ2n) is 3.40. The molecule has 0 bridgehead atoms. The van der Waals surface area contributed by atoms with Crippen LogP contribution in [-0.4, -0.2) is 21.0 Å². The van der Waals surface area contributed by atoms with Crippen LogP contribution < -0.4 is 4.74 Å². The van der Waals surface area contributed by atoms with Crippen LogP contribution in [0.2, 0.25) is 0 Å². The van der Waals surface area contributed by atoms with Gasteiger partial charge in [0.2, 0.25) is 0 Å². The molecule has 2 aromatic rings. The predicted molar refractivity (Wildman–Crippen MR) is 59.7 cm³/mol. The summed E-state index contributed by atoms with van der Waals surface area (Å²) in [5, 5.41) is 8.90. The smallest absolute Gasteiger partial charge is 0.342 e. The number of rotatable bonds is 4. The molecule has 0 atom stereocenters. The van der Waals surface area contributed by atoms with Gasteiger partial charge >= 0.3 is 5.97 Å². The number of carboxylic acid groups (broad SMARTS) is 1. The van der Waals surface area contributed by atoms with E-state index in [1.807, 2.05) is 0 Å². The Balaban J connectivity index is 2.20. The maximum absolute atomic E-state index is 13.3. The number of carboxylic acids is 1. The first-order valence-electron chi connectivity index (χ1n) is 5.08. The molecule has 0 aliphatic heterocycles. The Hall–Kier alpha value is -2.50. The SMILES string of the molecule is O=C(O)c1c(F)cccc1OCc1cnccn1. The molecule has 0 saturated heterocycles. The number of aromatic carboxylic acids is 1. The topological polar surface area (TPSA) is 72.3 Å². The van der Waals surface area contributed by atoms with Gasteiger partial charge in [0.15, 0.2) is 0 Å². The number of hydrogen-bond donors (Lipinski definition) is 1. The number of aromatic nitrogens is 2. The molecule has 2 rings (SSSR count). The Morgan fingerprint density at radius 1 is 1.39 bits per heavy atom. The summed E-state index contributed by atoms with van der Waals surface area (Å²) >= 11 is 0. The molecule has 0 amide bonds. The summed E-state index contributed by atoms with van der Waals surface area (Å²) in [5.74, 6) is -2.24. The molecule has 0 spiro atoms. The third-order valence-electron chi connectivity index (χ3n) is 2.18. The Bertz CT molecular complexity index is 561. The molecule has 0 radical (unpaired) electrons. The van der Waals surface area contributed by atoms with Gasteiger partial charge in [-0.1, -0.05) is 6.07 Å². The summed E-state index contributed by atoms with van der Waals surface area (Å²) < 4.78 is 18.6. The maximum Gasteiger partial charge on any atom is 0.342 e. The van der Waals surface area contributed by atoms with Crippen molar-refractivity contribution >= 4 is 5.97 Å². The normalized spacial score (nSPS) is 10.1. The van der Waals surface area contributed by atoms with Crippen LogP contribution in [0.5, 0.6) is 5.75 Å². The van der Waals surface area contributed by atoms with Crippen molar-refractivity contribution in [2.45, 2.75) is 6.61 Å². The molecule has 0 saturated carbocycles. The molecule has 1 heterocycles. The van der Waals surface area contributed by atoms with Gasteiger partial charge in [-0.05, 0) is 12.1 Å². The second kappa shape index (κ2) is 5.22. The molecule has 92 valence electrons. The van der Waals surface area contributed by atoms with Crippen LogP contribution in [0.3, 0.4) is 0 Å². The molecule has 1 aromatic heterocycles. The van der Waals surface area contributed by atoms with Crippen molar-refractivity contribution in [3.05, 3.63) is 53.9 Å². The van der Waals surface area contributed by atoms with Crippen molar-refractivity contribution in [1.82, 2.24) is 9.97 Å². The van der Waals surface area contributed by atoms with E-state index in [0.29, 0.717) is 5.69 Å². The highest BCUT2D eigenvalue weighted by Gasteiger charge is 2.16. The fourth-order valence-electron chi connectivity index (χ4n) is 1.39. The average molecular weight is 248 g/mol. The van der Waals surface area contributed by atoms with Gasteiger partial charge in [-0.2, -0.15) is 0 Å². The summed E-state index contributed by atoms with van der Waals surface area (Å²) in [4.78, 5) is 18.7. The van der Waals surface area contributed by atoms with Gasteiger partial charge in [-0.3, -0.25) is 9.97 Å². The first-order chi connectivity index (χ1) is 8.68. The van der Waals surface area contributed by atoms with Crippen molar-refractivity contribution in [2.24, 2.45) is 0 Å². The first-order valence-corrected chi connectivity index (χ1v) is 5.08. The summed E-state index contributed by atoms with van der Waals surface area (Å²) in [6, 6.07) is 3.84. The molecule has 18 heavy (non-hydrogen) atoms. The fourth-order valence-corrected chi connectivity index (χ4v) is 1.39. The minimum atomic E-state index is -1.37. The largest absolute Gasteiger partial charge is 0.486 e. The fraction of sp³-hybridized carbons (Fsp3) is 0.0833. The minimum absolute atomic E-state index is 0.0254. The van der Waals surface area contributed by atoms with Gasteiger partial charge < -0.3 is 9.84 Å². The van der Waals surface area contributed by atoms with E-state index < -0.39 is 17.3 Å². The quantitative estimate of drug-likeness (QED) is 0.894. The molecular formula is C12H9FN2O3. The Kier molecular flexibility index (Phi) is 3.47. The van der Waals surface area contributed by atoms with E-state index >= 15 is 0 Å². The lowest BCUT2D eigenvalue weighted by Crippen LogP contribution is -2.06. The molecule has 0 unspecified atom stereocenters.